The number of unbranched alkanes of at least 4 members (excludes halogenated alkanes) is 67. The van der Waals surface area contributed by atoms with Gasteiger partial charge in [0.25, 0.3) is 0 Å². The average Bonchev–Trinajstić information content (AvgIpc) is 0.897. The second-order valence-corrected chi connectivity index (χ2v) is 36.0. The lowest BCUT2D eigenvalue weighted by molar-refractivity contribution is -0.161. The Hall–Kier alpha value is -1.94. The lowest BCUT2D eigenvalue weighted by Gasteiger charge is -2.21. The molecule has 0 heterocycles. The van der Waals surface area contributed by atoms with Gasteiger partial charge in [0.05, 0.1) is 26.4 Å². The summed E-state index contributed by atoms with van der Waals surface area (Å²) in [6, 6.07) is 0. The van der Waals surface area contributed by atoms with Gasteiger partial charge in [-0.1, -0.05) is 458 Å². The Balaban J connectivity index is 5.22. The van der Waals surface area contributed by atoms with Crippen molar-refractivity contribution in [2.45, 2.75) is 528 Å². The molecule has 0 spiro atoms. The second-order valence-electron chi connectivity index (χ2n) is 33.1. The van der Waals surface area contributed by atoms with Crippen LogP contribution in [-0.2, 0) is 65.4 Å². The SMILES string of the molecule is CCCCCCCCCCCCCCCCCCCCCCCCC(=O)OC[C@H](COP(=O)(O)OC[C@@H](O)COP(=O)(O)OC[C@@H](COC(=O)CCCCCCCCCCCCCC)OC(=O)CCCCCCCCCCCCCCCCC)OC(=O)CCCCCCCCCCCCCCCCCCCCCCCC. The van der Waals surface area contributed by atoms with E-state index in [2.05, 4.69) is 27.7 Å². The number of aliphatic hydroxyl groups excluding tert-OH is 1. The van der Waals surface area contributed by atoms with Gasteiger partial charge < -0.3 is 33.8 Å². The molecule has 0 saturated heterocycles. The van der Waals surface area contributed by atoms with E-state index in [1.807, 2.05) is 0 Å². The molecule has 19 heteroatoms. The third-order valence-corrected chi connectivity index (χ3v) is 23.8. The van der Waals surface area contributed by atoms with Gasteiger partial charge in [-0.15, -0.1) is 0 Å². The minimum atomic E-state index is -4.97. The van der Waals surface area contributed by atoms with Gasteiger partial charge in [-0.2, -0.15) is 0 Å². The molecule has 660 valence electrons. The minimum absolute atomic E-state index is 0.109. The van der Waals surface area contributed by atoms with E-state index in [4.69, 9.17) is 37.0 Å². The summed E-state index contributed by atoms with van der Waals surface area (Å²) in [6.07, 6.45) is 83.5. The Morgan fingerprint density at radius 1 is 0.216 bits per heavy atom. The normalized spacial score (nSPS) is 13.6. The number of aliphatic hydroxyl groups is 1. The first kappa shape index (κ1) is 109. The molecule has 0 aromatic carbocycles. The average molecular weight is 1620 g/mol. The highest BCUT2D eigenvalue weighted by atomic mass is 31.2. The van der Waals surface area contributed by atoms with E-state index in [0.717, 1.165) is 89.9 Å². The van der Waals surface area contributed by atoms with Crippen LogP contribution in [0, 0.1) is 0 Å². The summed E-state index contributed by atoms with van der Waals surface area (Å²) in [6.45, 7) is 5.09. The Morgan fingerprint density at radius 2 is 0.360 bits per heavy atom. The van der Waals surface area contributed by atoms with Crippen molar-refractivity contribution in [2.24, 2.45) is 0 Å². The van der Waals surface area contributed by atoms with Crippen molar-refractivity contribution >= 4 is 39.5 Å². The van der Waals surface area contributed by atoms with Crippen molar-refractivity contribution in [1.82, 2.24) is 0 Å². The quantitative estimate of drug-likeness (QED) is 0.0222. The van der Waals surface area contributed by atoms with Crippen LogP contribution >= 0.6 is 15.6 Å². The first-order valence-electron chi connectivity index (χ1n) is 47.8. The van der Waals surface area contributed by atoms with Gasteiger partial charge in [0, 0.05) is 25.7 Å². The van der Waals surface area contributed by atoms with E-state index in [1.54, 1.807) is 0 Å². The lowest BCUT2D eigenvalue weighted by atomic mass is 10.0. The van der Waals surface area contributed by atoms with Crippen LogP contribution in [-0.4, -0.2) is 96.7 Å². The minimum Gasteiger partial charge on any atom is -0.462 e. The fourth-order valence-electron chi connectivity index (χ4n) is 14.6. The molecule has 0 aliphatic rings. The Morgan fingerprint density at radius 3 is 0.532 bits per heavy atom. The molecule has 0 fully saturated rings. The molecule has 0 amide bonds. The van der Waals surface area contributed by atoms with E-state index >= 15 is 0 Å². The van der Waals surface area contributed by atoms with Gasteiger partial charge >= 0.3 is 39.5 Å². The van der Waals surface area contributed by atoms with E-state index in [1.165, 1.54) is 340 Å². The monoisotopic (exact) mass is 1620 g/mol. The third kappa shape index (κ3) is 85.8. The molecular weight excluding hydrogens is 1440 g/mol. The fourth-order valence-corrected chi connectivity index (χ4v) is 16.2. The zero-order chi connectivity index (χ0) is 81.0. The zero-order valence-corrected chi connectivity index (χ0v) is 74.7. The van der Waals surface area contributed by atoms with E-state index in [-0.39, 0.29) is 25.7 Å². The molecule has 5 atom stereocenters. The number of esters is 4. The summed E-state index contributed by atoms with van der Waals surface area (Å²) >= 11 is 0. The number of rotatable bonds is 93. The number of hydrogen-bond acceptors (Lipinski definition) is 15. The molecule has 0 aliphatic heterocycles. The van der Waals surface area contributed by atoms with Gasteiger partial charge in [0.2, 0.25) is 0 Å². The number of hydrogen-bond donors (Lipinski definition) is 3. The Kier molecular flexibility index (Phi) is 84.4. The van der Waals surface area contributed by atoms with Crippen molar-refractivity contribution in [1.29, 1.82) is 0 Å². The Labute approximate surface area is 683 Å². The van der Waals surface area contributed by atoms with Crippen LogP contribution in [0.2, 0.25) is 0 Å². The predicted molar refractivity (Wildman–Crippen MR) is 460 cm³/mol. The number of carbonyl (C=O) groups excluding carboxylic acids is 4. The van der Waals surface area contributed by atoms with Crippen molar-refractivity contribution in [2.75, 3.05) is 39.6 Å². The van der Waals surface area contributed by atoms with Gasteiger partial charge in [-0.05, 0) is 25.7 Å². The van der Waals surface area contributed by atoms with Crippen LogP contribution in [0.15, 0.2) is 0 Å². The van der Waals surface area contributed by atoms with Gasteiger partial charge in [0.15, 0.2) is 12.2 Å². The number of ether oxygens (including phenoxy) is 4. The van der Waals surface area contributed by atoms with Crippen molar-refractivity contribution in [3.63, 3.8) is 0 Å². The van der Waals surface area contributed by atoms with Gasteiger partial charge in [-0.3, -0.25) is 37.3 Å². The Bertz CT molecular complexity index is 2090. The summed E-state index contributed by atoms with van der Waals surface area (Å²) in [4.78, 5) is 73.4. The summed E-state index contributed by atoms with van der Waals surface area (Å²) in [7, 11) is -9.93. The standard InChI is InChI=1S/C92H180O17P2/c1-5-9-13-17-21-25-29-33-36-38-40-42-44-46-48-51-53-57-61-65-69-73-77-90(95)103-83-88(109-92(97)79-75-71-67-63-59-55-52-49-47-45-43-41-39-37-34-30-26-22-18-14-10-6-2)85-107-111(100,101)105-81-86(93)80-104-110(98,99)106-84-87(82-102-89(94)76-72-68-64-60-56-32-28-24-20-16-12-8-4)108-91(96)78-74-70-66-62-58-54-50-35-31-27-23-19-15-11-7-3/h86-88,93H,5-85H2,1-4H3,(H,98,99)(H,100,101)/t86-,87+,88+/m0/s1. The predicted octanol–water partition coefficient (Wildman–Crippen LogP) is 28.9. The molecular formula is C92H180O17P2. The smallest absolute Gasteiger partial charge is 0.462 e. The van der Waals surface area contributed by atoms with Crippen LogP contribution in [0.25, 0.3) is 0 Å². The maximum Gasteiger partial charge on any atom is 0.472 e. The van der Waals surface area contributed by atoms with Gasteiger partial charge in [-0.25, -0.2) is 9.13 Å². The molecule has 0 radical (unpaired) electrons. The highest BCUT2D eigenvalue weighted by Crippen LogP contribution is 2.45. The summed E-state index contributed by atoms with van der Waals surface area (Å²) in [5, 5.41) is 10.7. The van der Waals surface area contributed by atoms with Crippen LogP contribution in [0.3, 0.4) is 0 Å². The summed E-state index contributed by atoms with van der Waals surface area (Å²) in [5.41, 5.74) is 0. The maximum absolute atomic E-state index is 13.2. The van der Waals surface area contributed by atoms with Crippen LogP contribution < -0.4 is 0 Å². The number of phosphoric ester groups is 2. The number of phosphoric acid groups is 2. The maximum atomic E-state index is 13.2. The van der Waals surface area contributed by atoms with Crippen LogP contribution in [0.5, 0.6) is 0 Å². The molecule has 0 aromatic rings. The number of carbonyl (C=O) groups is 4. The molecule has 0 bridgehead atoms. The summed E-state index contributed by atoms with van der Waals surface area (Å²) in [5.74, 6) is -2.09. The molecule has 0 aromatic heterocycles. The molecule has 2 unspecified atom stereocenters. The topological polar surface area (TPSA) is 237 Å². The van der Waals surface area contributed by atoms with E-state index in [9.17, 15) is 43.2 Å². The second kappa shape index (κ2) is 85.9. The van der Waals surface area contributed by atoms with Crippen LogP contribution in [0.4, 0.5) is 0 Å². The molecule has 3 N–H and O–H groups in total. The first-order chi connectivity index (χ1) is 54.2. The largest absolute Gasteiger partial charge is 0.472 e. The highest BCUT2D eigenvalue weighted by Gasteiger charge is 2.31. The first-order valence-corrected chi connectivity index (χ1v) is 50.8. The molecule has 17 nitrogen and oxygen atoms in total. The molecule has 0 saturated carbocycles. The van der Waals surface area contributed by atoms with Gasteiger partial charge in [0.1, 0.15) is 19.3 Å². The van der Waals surface area contributed by atoms with Crippen molar-refractivity contribution < 1.29 is 80.2 Å². The van der Waals surface area contributed by atoms with Crippen molar-refractivity contribution in [3.05, 3.63) is 0 Å². The van der Waals surface area contributed by atoms with E-state index in [0.29, 0.717) is 25.7 Å². The zero-order valence-electron chi connectivity index (χ0n) is 73.0. The molecule has 111 heavy (non-hydrogen) atoms. The molecule has 0 rings (SSSR count). The summed E-state index contributed by atoms with van der Waals surface area (Å²) < 4.78 is 69.1. The van der Waals surface area contributed by atoms with E-state index < -0.39 is 97.5 Å². The van der Waals surface area contributed by atoms with Crippen molar-refractivity contribution in [3.8, 4) is 0 Å². The fraction of sp³-hybridized carbons (Fsp3) is 0.957. The van der Waals surface area contributed by atoms with Crippen LogP contribution in [0.1, 0.15) is 509 Å². The molecule has 0 aliphatic carbocycles. The third-order valence-electron chi connectivity index (χ3n) is 21.9. The highest BCUT2D eigenvalue weighted by molar-refractivity contribution is 7.47. The lowest BCUT2D eigenvalue weighted by Crippen LogP contribution is -2.30.